The molecule has 4 aliphatic rings. The van der Waals surface area contributed by atoms with Gasteiger partial charge >= 0.3 is 0 Å². The Balaban J connectivity index is 0.00000329. The number of pyridine rings is 1. The van der Waals surface area contributed by atoms with Gasteiger partial charge in [-0.2, -0.15) is 0 Å². The lowest BCUT2D eigenvalue weighted by Crippen LogP contribution is -2.52. The summed E-state index contributed by atoms with van der Waals surface area (Å²) in [4.78, 5) is 47.9. The summed E-state index contributed by atoms with van der Waals surface area (Å²) in [5, 5.41) is 3.49. The van der Waals surface area contributed by atoms with E-state index in [0.717, 1.165) is 80.1 Å². The Morgan fingerprint density at radius 1 is 1.02 bits per heavy atom. The molecular formula is C32H37N5O5. The van der Waals surface area contributed by atoms with Gasteiger partial charge in [0, 0.05) is 58.1 Å². The van der Waals surface area contributed by atoms with Gasteiger partial charge in [0.2, 0.25) is 11.8 Å². The average Bonchev–Trinajstić information content (AvgIpc) is 3.43. The van der Waals surface area contributed by atoms with Crippen LogP contribution in [-0.2, 0) is 27.4 Å². The van der Waals surface area contributed by atoms with E-state index in [2.05, 4.69) is 45.4 Å². The fourth-order valence-corrected chi connectivity index (χ4v) is 6.48. The van der Waals surface area contributed by atoms with Crippen LogP contribution in [0.3, 0.4) is 0 Å². The molecule has 3 amide bonds. The molecule has 0 bridgehead atoms. The van der Waals surface area contributed by atoms with Gasteiger partial charge in [-0.3, -0.25) is 24.6 Å². The Labute approximate surface area is 246 Å². The smallest absolute Gasteiger partial charge is 0.255 e. The molecule has 3 saturated heterocycles. The van der Waals surface area contributed by atoms with E-state index in [1.165, 1.54) is 5.56 Å². The highest BCUT2D eigenvalue weighted by Gasteiger charge is 2.39. The van der Waals surface area contributed by atoms with Crippen LogP contribution in [0.25, 0.3) is 10.9 Å². The first-order chi connectivity index (χ1) is 20.5. The number of carbonyl (C=O) groups is 3. The number of amides is 3. The number of carbonyl (C=O) groups excluding carboxylic acids is 3. The molecule has 2 aromatic carbocycles. The summed E-state index contributed by atoms with van der Waals surface area (Å²) in [6.07, 6.45) is 3.80. The molecule has 1 unspecified atom stereocenters. The lowest BCUT2D eigenvalue weighted by molar-refractivity contribution is -0.136. The van der Waals surface area contributed by atoms with Crippen molar-refractivity contribution in [2.45, 2.75) is 57.3 Å². The van der Waals surface area contributed by atoms with Crippen molar-refractivity contribution >= 4 is 34.4 Å². The van der Waals surface area contributed by atoms with Gasteiger partial charge in [-0.15, -0.1) is 0 Å². The molecule has 3 fully saturated rings. The molecule has 0 aliphatic carbocycles. The first kappa shape index (κ1) is 26.9. The number of hydrogen-bond donors (Lipinski definition) is 1. The summed E-state index contributed by atoms with van der Waals surface area (Å²) in [7, 11) is 0. The zero-order valence-electron chi connectivity index (χ0n) is 23.6. The molecule has 2 atom stereocenters. The quantitative estimate of drug-likeness (QED) is 0.449. The number of likely N-dealkylation sites (tertiary alicyclic amines) is 1. The maximum atomic E-state index is 13.0. The number of nitrogens with zero attached hydrogens (tertiary/aromatic N) is 4. The highest BCUT2D eigenvalue weighted by molar-refractivity contribution is 6.05. The van der Waals surface area contributed by atoms with Crippen molar-refractivity contribution in [3.63, 3.8) is 0 Å². The zero-order valence-corrected chi connectivity index (χ0v) is 23.6. The van der Waals surface area contributed by atoms with Crippen LogP contribution in [-0.4, -0.2) is 77.6 Å². The topological polar surface area (TPSA) is 104 Å². The van der Waals surface area contributed by atoms with Crippen molar-refractivity contribution in [2.75, 3.05) is 37.9 Å². The van der Waals surface area contributed by atoms with Crippen molar-refractivity contribution in [3.05, 3.63) is 65.2 Å². The summed E-state index contributed by atoms with van der Waals surface area (Å²) in [6, 6.07) is 15.7. The molecule has 3 aromatic rings. The molecule has 0 radical (unpaired) electrons. The maximum Gasteiger partial charge on any atom is 0.255 e. The minimum atomic E-state index is -0.614. The summed E-state index contributed by atoms with van der Waals surface area (Å²) >= 11 is 0. The Bertz CT molecular complexity index is 1540. The van der Waals surface area contributed by atoms with Gasteiger partial charge < -0.3 is 19.3 Å². The van der Waals surface area contributed by atoms with E-state index in [1.807, 2.05) is 12.1 Å². The van der Waals surface area contributed by atoms with Crippen LogP contribution in [0.2, 0.25) is 0 Å². The Kier molecular flexibility index (Phi) is 7.25. The molecule has 10 heteroatoms. The van der Waals surface area contributed by atoms with Gasteiger partial charge in [0.25, 0.3) is 5.91 Å². The lowest BCUT2D eigenvalue weighted by Gasteiger charge is -2.29. The molecule has 0 spiro atoms. The number of ether oxygens (including phenoxy) is 2. The average molecular weight is 572 g/mol. The van der Waals surface area contributed by atoms with E-state index in [9.17, 15) is 14.4 Å². The van der Waals surface area contributed by atoms with Gasteiger partial charge in [0.05, 0.1) is 5.52 Å². The van der Waals surface area contributed by atoms with E-state index in [0.29, 0.717) is 25.3 Å². The van der Waals surface area contributed by atoms with Gasteiger partial charge in [-0.05, 0) is 79.3 Å². The Morgan fingerprint density at radius 2 is 1.95 bits per heavy atom. The van der Waals surface area contributed by atoms with Crippen molar-refractivity contribution < 1.29 is 25.3 Å². The second-order valence-electron chi connectivity index (χ2n) is 11.7. The Hall–Kier alpha value is -4.02. The largest absolute Gasteiger partial charge is 0.489 e. The van der Waals surface area contributed by atoms with Crippen molar-refractivity contribution in [1.29, 1.82) is 0 Å². The van der Waals surface area contributed by atoms with Crippen molar-refractivity contribution in [1.82, 2.24) is 20.1 Å². The highest BCUT2D eigenvalue weighted by atomic mass is 16.5. The minimum absolute atomic E-state index is 0. The second-order valence-corrected chi connectivity index (χ2v) is 11.7. The molecule has 0 saturated carbocycles. The predicted octanol–water partition coefficient (Wildman–Crippen LogP) is 3.47. The lowest BCUT2D eigenvalue weighted by atomic mass is 10.0. The first-order valence-electron chi connectivity index (χ1n) is 14.9. The molecule has 220 valence electrons. The van der Waals surface area contributed by atoms with Crippen LogP contribution in [0, 0.1) is 0 Å². The molecule has 5 heterocycles. The van der Waals surface area contributed by atoms with E-state index in [4.69, 9.17) is 14.5 Å². The van der Waals surface area contributed by atoms with Crippen LogP contribution in [0.5, 0.6) is 5.75 Å². The SMILES string of the molecule is O=C1CCC(N2Cc3cc(O[C@H]4CCN(Cc5ccc6nc(N7CCCCOC7)ccc6c5)C4)ccc3C2=O)C(=O)N1.[HH]. The Morgan fingerprint density at radius 3 is 2.86 bits per heavy atom. The van der Waals surface area contributed by atoms with E-state index in [1.54, 1.807) is 11.0 Å². The van der Waals surface area contributed by atoms with Gasteiger partial charge in [-0.1, -0.05) is 6.07 Å². The standard InChI is InChI=1S/C32H35N5O5.H2/c38-30-10-8-28(31(39)34-30)37-18-23-16-24(5-6-26(23)32(37)40)42-25-11-13-35(19-25)17-21-3-7-27-22(15-21)4-9-29(33-27)36-12-1-2-14-41-20-36;/h3-7,9,15-16,25,28H,1-2,8,10-14,17-20H2,(H,34,38,39);1H/t25-,28?;/m0./s1. The number of hydrogen-bond acceptors (Lipinski definition) is 8. The number of fused-ring (bicyclic) bond motifs is 2. The van der Waals surface area contributed by atoms with Crippen LogP contribution >= 0.6 is 0 Å². The number of imide groups is 1. The second kappa shape index (κ2) is 11.3. The number of piperidine rings is 1. The van der Waals surface area contributed by atoms with Crippen LogP contribution in [0.1, 0.15) is 55.0 Å². The van der Waals surface area contributed by atoms with Crippen LogP contribution < -0.4 is 15.0 Å². The summed E-state index contributed by atoms with van der Waals surface area (Å²) in [5.41, 5.74) is 3.70. The molecule has 10 nitrogen and oxygen atoms in total. The van der Waals surface area contributed by atoms with Crippen LogP contribution in [0.4, 0.5) is 5.82 Å². The monoisotopic (exact) mass is 571 g/mol. The fourth-order valence-electron chi connectivity index (χ4n) is 6.48. The number of benzene rings is 2. The van der Waals surface area contributed by atoms with Gasteiger partial charge in [0.15, 0.2) is 0 Å². The van der Waals surface area contributed by atoms with E-state index in [-0.39, 0.29) is 25.8 Å². The first-order valence-corrected chi connectivity index (χ1v) is 14.9. The molecule has 4 aliphatic heterocycles. The summed E-state index contributed by atoms with van der Waals surface area (Å²) in [5.74, 6) is 0.853. The highest BCUT2D eigenvalue weighted by Crippen LogP contribution is 2.31. The third-order valence-corrected chi connectivity index (χ3v) is 8.71. The third kappa shape index (κ3) is 5.44. The van der Waals surface area contributed by atoms with Crippen molar-refractivity contribution in [3.8, 4) is 5.75 Å². The number of nitrogens with one attached hydrogen (secondary N) is 1. The summed E-state index contributed by atoms with van der Waals surface area (Å²) < 4.78 is 12.1. The number of anilines is 1. The van der Waals surface area contributed by atoms with E-state index >= 15 is 0 Å². The predicted molar refractivity (Wildman–Crippen MR) is 158 cm³/mol. The number of rotatable bonds is 6. The molecule has 7 rings (SSSR count). The van der Waals surface area contributed by atoms with E-state index < -0.39 is 11.9 Å². The summed E-state index contributed by atoms with van der Waals surface area (Å²) in [6.45, 7) is 5.34. The van der Waals surface area contributed by atoms with Crippen molar-refractivity contribution in [2.24, 2.45) is 0 Å². The third-order valence-electron chi connectivity index (χ3n) is 8.71. The van der Waals surface area contributed by atoms with Gasteiger partial charge in [0.1, 0.15) is 30.4 Å². The minimum Gasteiger partial charge on any atom is -0.489 e. The van der Waals surface area contributed by atoms with Crippen LogP contribution in [0.15, 0.2) is 48.5 Å². The normalized spacial score (nSPS) is 23.3. The van der Waals surface area contributed by atoms with Gasteiger partial charge in [-0.25, -0.2) is 4.98 Å². The molecular weight excluding hydrogens is 534 g/mol. The maximum absolute atomic E-state index is 13.0. The fraction of sp³-hybridized carbons (Fsp3) is 0.438. The number of aromatic nitrogens is 1. The molecule has 42 heavy (non-hydrogen) atoms. The zero-order chi connectivity index (χ0) is 28.6. The molecule has 1 aromatic heterocycles. The molecule has 1 N–H and O–H groups in total.